The zero-order chi connectivity index (χ0) is 25.2. The second-order valence-electron chi connectivity index (χ2n) is 7.41. The quantitative estimate of drug-likeness (QED) is 0.274. The number of nitrogens with one attached hydrogen (secondary N) is 1. The lowest BCUT2D eigenvalue weighted by molar-refractivity contribution is 0.345. The van der Waals surface area contributed by atoms with Crippen LogP contribution in [0.25, 0.3) is 22.1 Å². The van der Waals surface area contributed by atoms with Crippen molar-refractivity contribution in [2.45, 2.75) is 13.3 Å². The molecule has 0 spiro atoms. The Bertz CT molecular complexity index is 1650. The maximum absolute atomic E-state index is 6.20. The molecular weight excluding hydrogens is 528 g/mol. The van der Waals surface area contributed by atoms with Crippen molar-refractivity contribution in [3.05, 3.63) is 52.5 Å². The van der Waals surface area contributed by atoms with E-state index in [0.29, 0.717) is 33.8 Å². The van der Waals surface area contributed by atoms with Crippen molar-refractivity contribution in [2.24, 2.45) is 0 Å². The van der Waals surface area contributed by atoms with E-state index in [9.17, 15) is 0 Å². The number of methoxy groups -OCH3 is 2. The Labute approximate surface area is 214 Å². The molecule has 0 saturated heterocycles. The van der Waals surface area contributed by atoms with Crippen LogP contribution < -0.4 is 18.9 Å². The Kier molecular flexibility index (Phi) is 6.26. The molecule has 0 bridgehead atoms. The molecule has 0 saturated carbocycles. The Balaban J connectivity index is 1.60. The second-order valence-corrected chi connectivity index (χ2v) is 8.20. The molecule has 0 amide bonds. The Morgan fingerprint density at radius 3 is 2.53 bits per heavy atom. The highest BCUT2D eigenvalue weighted by atomic mass is 79.9. The number of H-pyrrole nitrogens is 1. The van der Waals surface area contributed by atoms with Crippen molar-refractivity contribution in [3.63, 3.8) is 0 Å². The average molecular weight is 547 g/mol. The number of aromatic amines is 1. The number of aromatic nitrogens is 6. The summed E-state index contributed by atoms with van der Waals surface area (Å²) in [5, 5.41) is 0.669. The fourth-order valence-corrected chi connectivity index (χ4v) is 4.36. The van der Waals surface area contributed by atoms with Crippen molar-refractivity contribution in [3.8, 4) is 47.4 Å². The summed E-state index contributed by atoms with van der Waals surface area (Å²) in [5.74, 6) is 4.09. The molecule has 5 aromatic rings. The summed E-state index contributed by atoms with van der Waals surface area (Å²) in [5.41, 5.74) is 3.12. The van der Waals surface area contributed by atoms with Gasteiger partial charge in [0.2, 0.25) is 11.8 Å². The van der Waals surface area contributed by atoms with E-state index in [2.05, 4.69) is 51.8 Å². The molecule has 0 aliphatic carbocycles. The van der Waals surface area contributed by atoms with Gasteiger partial charge in [0.1, 0.15) is 11.4 Å². The maximum Gasteiger partial charge on any atom is 0.328 e. The highest BCUT2D eigenvalue weighted by molar-refractivity contribution is 9.10. The van der Waals surface area contributed by atoms with Gasteiger partial charge in [0, 0.05) is 30.2 Å². The van der Waals surface area contributed by atoms with Crippen LogP contribution in [0.5, 0.6) is 35.0 Å². The largest absolute Gasteiger partial charge is 0.493 e. The third-order valence-electron chi connectivity index (χ3n) is 5.29. The van der Waals surface area contributed by atoms with Gasteiger partial charge in [0.15, 0.2) is 17.2 Å². The van der Waals surface area contributed by atoms with Gasteiger partial charge in [-0.2, -0.15) is 9.97 Å². The van der Waals surface area contributed by atoms with E-state index in [1.54, 1.807) is 24.5 Å². The summed E-state index contributed by atoms with van der Waals surface area (Å²) in [6, 6.07) is 6.94. The van der Waals surface area contributed by atoms with Gasteiger partial charge in [-0.05, 0) is 40.4 Å². The van der Waals surface area contributed by atoms with E-state index in [1.165, 1.54) is 20.3 Å². The van der Waals surface area contributed by atoms with E-state index in [4.69, 9.17) is 25.4 Å². The number of halogens is 1. The molecule has 0 aliphatic heterocycles. The number of pyridine rings is 1. The van der Waals surface area contributed by atoms with Gasteiger partial charge in [-0.3, -0.25) is 9.97 Å². The number of benzene rings is 1. The van der Waals surface area contributed by atoms with Crippen LogP contribution in [0.3, 0.4) is 0 Å². The van der Waals surface area contributed by atoms with Gasteiger partial charge in [-0.1, -0.05) is 6.92 Å². The van der Waals surface area contributed by atoms with Gasteiger partial charge < -0.3 is 23.9 Å². The highest BCUT2D eigenvalue weighted by Crippen LogP contribution is 2.39. The molecule has 5 rings (SSSR count). The lowest BCUT2D eigenvalue weighted by Crippen LogP contribution is -2.01. The first-order valence-corrected chi connectivity index (χ1v) is 11.6. The Hall–Kier alpha value is -4.43. The van der Waals surface area contributed by atoms with E-state index in [-0.39, 0.29) is 23.5 Å². The van der Waals surface area contributed by atoms with Crippen LogP contribution in [0.1, 0.15) is 18.3 Å². The Morgan fingerprint density at radius 1 is 1.00 bits per heavy atom. The summed E-state index contributed by atoms with van der Waals surface area (Å²) in [6.07, 6.45) is 9.59. The third kappa shape index (κ3) is 4.23. The van der Waals surface area contributed by atoms with Crippen molar-refractivity contribution in [1.29, 1.82) is 0 Å². The molecule has 0 unspecified atom stereocenters. The average Bonchev–Trinajstić information content (AvgIpc) is 3.23. The summed E-state index contributed by atoms with van der Waals surface area (Å²) in [4.78, 5) is 25.3. The number of fused-ring (bicyclic) bond motifs is 2. The fraction of sp³-hybridized carbons (Fsp3) is 0.160. The van der Waals surface area contributed by atoms with E-state index >= 15 is 0 Å². The number of ether oxygens (including phenoxy) is 4. The number of hydrogen-bond donors (Lipinski definition) is 1. The van der Waals surface area contributed by atoms with E-state index in [1.807, 2.05) is 13.0 Å². The summed E-state index contributed by atoms with van der Waals surface area (Å²) < 4.78 is 23.6. The number of aryl methyl sites for hydroxylation is 1. The molecule has 0 aliphatic rings. The first-order chi connectivity index (χ1) is 17.5. The maximum atomic E-state index is 6.20. The van der Waals surface area contributed by atoms with Crippen LogP contribution in [-0.2, 0) is 6.42 Å². The lowest BCUT2D eigenvalue weighted by Gasteiger charge is -2.12. The zero-order valence-corrected chi connectivity index (χ0v) is 21.1. The van der Waals surface area contributed by atoms with Crippen LogP contribution in [0.15, 0.2) is 41.1 Å². The standard InChI is InChI=1S/C25H19BrN6O4/c1-5-14-21(26)20-23(30-14)31-25(36-19-12-18(33-3)22(34-4)15(6-2)29-19)32-24(20)35-13-7-8-16-17(11-13)28-10-9-27-16/h2,7-12H,5H2,1,3-4H3,(H,30,31,32). The number of rotatable bonds is 7. The zero-order valence-electron chi connectivity index (χ0n) is 19.5. The number of hydrogen-bond acceptors (Lipinski definition) is 9. The van der Waals surface area contributed by atoms with Crippen molar-refractivity contribution in [2.75, 3.05) is 14.2 Å². The molecular formula is C25H19BrN6O4. The first kappa shape index (κ1) is 23.3. The molecule has 4 heterocycles. The molecule has 11 heteroatoms. The molecule has 0 radical (unpaired) electrons. The predicted octanol–water partition coefficient (Wildman–Crippen LogP) is 5.20. The summed E-state index contributed by atoms with van der Waals surface area (Å²) >= 11 is 3.64. The van der Waals surface area contributed by atoms with Crippen LogP contribution in [0.2, 0.25) is 0 Å². The molecule has 0 atom stereocenters. The van der Waals surface area contributed by atoms with E-state index < -0.39 is 0 Å². The Morgan fingerprint density at radius 2 is 1.81 bits per heavy atom. The van der Waals surface area contributed by atoms with Crippen LogP contribution in [0.4, 0.5) is 0 Å². The lowest BCUT2D eigenvalue weighted by atomic mass is 10.3. The van der Waals surface area contributed by atoms with Crippen LogP contribution in [0, 0.1) is 12.3 Å². The molecule has 4 aromatic heterocycles. The first-order valence-electron chi connectivity index (χ1n) is 10.8. The molecule has 10 nitrogen and oxygen atoms in total. The molecule has 180 valence electrons. The molecule has 0 fully saturated rings. The molecule has 36 heavy (non-hydrogen) atoms. The topological polar surface area (TPSA) is 117 Å². The molecule has 1 aromatic carbocycles. The molecule has 1 N–H and O–H groups in total. The normalized spacial score (nSPS) is 10.9. The third-order valence-corrected chi connectivity index (χ3v) is 6.17. The van der Waals surface area contributed by atoms with Crippen LogP contribution in [-0.4, -0.2) is 44.1 Å². The van der Waals surface area contributed by atoms with Gasteiger partial charge in [0.25, 0.3) is 0 Å². The summed E-state index contributed by atoms with van der Waals surface area (Å²) in [7, 11) is 2.97. The highest BCUT2D eigenvalue weighted by Gasteiger charge is 2.21. The number of terminal acetylenes is 1. The summed E-state index contributed by atoms with van der Waals surface area (Å²) in [6.45, 7) is 2.03. The minimum Gasteiger partial charge on any atom is -0.493 e. The SMILES string of the molecule is C#Cc1nc(Oc2nc(Oc3ccc4nccnc4c3)c3c(Br)c(CC)[nH]c3n2)cc(OC)c1OC. The van der Waals surface area contributed by atoms with Gasteiger partial charge in [-0.25, -0.2) is 4.98 Å². The van der Waals surface area contributed by atoms with E-state index in [0.717, 1.165) is 22.1 Å². The minimum atomic E-state index is -0.00262. The minimum absolute atomic E-state index is 0.00262. The smallest absolute Gasteiger partial charge is 0.328 e. The van der Waals surface area contributed by atoms with Crippen molar-refractivity contribution >= 4 is 38.0 Å². The predicted molar refractivity (Wildman–Crippen MR) is 136 cm³/mol. The van der Waals surface area contributed by atoms with Crippen LogP contribution >= 0.6 is 15.9 Å². The van der Waals surface area contributed by atoms with Gasteiger partial charge in [-0.15, -0.1) is 6.42 Å². The second kappa shape index (κ2) is 9.67. The monoisotopic (exact) mass is 546 g/mol. The van der Waals surface area contributed by atoms with Gasteiger partial charge >= 0.3 is 6.01 Å². The van der Waals surface area contributed by atoms with Crippen molar-refractivity contribution < 1.29 is 18.9 Å². The fourth-order valence-electron chi connectivity index (χ4n) is 3.62. The van der Waals surface area contributed by atoms with Gasteiger partial charge in [0.05, 0.1) is 35.1 Å². The number of nitrogens with zero attached hydrogens (tertiary/aromatic N) is 5. The van der Waals surface area contributed by atoms with Crippen molar-refractivity contribution in [1.82, 2.24) is 29.9 Å².